The Labute approximate surface area is 491 Å². The van der Waals surface area contributed by atoms with E-state index in [4.69, 9.17) is 58.7 Å². The van der Waals surface area contributed by atoms with Gasteiger partial charge in [0.05, 0.1) is 28.4 Å². The van der Waals surface area contributed by atoms with E-state index in [0.29, 0.717) is 34.1 Å². The number of benzene rings is 6. The maximum absolute atomic E-state index is 13.6. The topological polar surface area (TPSA) is 202 Å². The molecule has 1 unspecified atom stereocenters. The van der Waals surface area contributed by atoms with Crippen LogP contribution in [0.25, 0.3) is 0 Å². The van der Waals surface area contributed by atoms with Crippen LogP contribution in [-0.2, 0) is 51.0 Å². The van der Waals surface area contributed by atoms with Crippen molar-refractivity contribution in [2.75, 3.05) is 41.7 Å². The number of nitrogens with one attached hydrogen (secondary N) is 2. The number of methoxy groups -OCH3 is 4. The van der Waals surface area contributed by atoms with E-state index in [9.17, 15) is 19.2 Å². The molecule has 2 aliphatic heterocycles. The van der Waals surface area contributed by atoms with Crippen molar-refractivity contribution in [1.29, 1.82) is 0 Å². The molecule has 0 spiro atoms. The summed E-state index contributed by atoms with van der Waals surface area (Å²) in [6.07, 6.45) is -2.31. The minimum absolute atomic E-state index is 0.0811. The fourth-order valence-electron chi connectivity index (χ4n) is 10.8. The van der Waals surface area contributed by atoms with Gasteiger partial charge in [0.25, 0.3) is 0 Å². The second kappa shape index (κ2) is 25.3. The number of aromatic nitrogens is 4. The van der Waals surface area contributed by atoms with Crippen LogP contribution < -0.4 is 41.4 Å². The molecular formula is C62H62N4O14PSSe. The van der Waals surface area contributed by atoms with Gasteiger partial charge in [-0.3, -0.25) is 0 Å². The standard InChI is InChI=1S/C62H62N4O14PSSe/c1-39-35-65(59(69)63-57(39)67)55-33-51(79-62(42-15-11-8-12-16-42,45-21-29-49(73-5)30-22-45)46-23-31-50(74-6)32-24-46)54(78-55)38-76-81(82,83)80-52-34-56(66-36-40(2)58(68)64-60(66)70)77-53(52)37-75-61(41-13-9-7-10-14-41,43-17-25-47(71-3)26-18-43)44-19-27-48(72-4)28-20-44/h7-32,35-36,51-56H,33-34,37-38H2,1-6H3,(H,63,67,69)(H,64,68,70)/t51-,52-,53+,54+,55+,56+,81?/m0/s1. The van der Waals surface area contributed by atoms with Crippen molar-refractivity contribution in [2.45, 2.75) is 74.8 Å². The summed E-state index contributed by atoms with van der Waals surface area (Å²) in [4.78, 5) is 57.3. The molecule has 2 fully saturated rings. The molecule has 2 aliphatic rings. The van der Waals surface area contributed by atoms with Crippen molar-refractivity contribution in [3.8, 4) is 23.0 Å². The van der Waals surface area contributed by atoms with E-state index in [1.165, 1.54) is 21.5 Å². The zero-order chi connectivity index (χ0) is 58.5. The van der Waals surface area contributed by atoms with Gasteiger partial charge in [0.1, 0.15) is 0 Å². The summed E-state index contributed by atoms with van der Waals surface area (Å²) in [6.45, 7) is 2.89. The van der Waals surface area contributed by atoms with Crippen LogP contribution in [0, 0.1) is 13.8 Å². The van der Waals surface area contributed by atoms with E-state index in [0.717, 1.165) is 33.4 Å². The van der Waals surface area contributed by atoms with E-state index >= 15 is 0 Å². The molecule has 21 heteroatoms. The van der Waals surface area contributed by atoms with Crippen LogP contribution in [0.15, 0.2) is 189 Å². The van der Waals surface area contributed by atoms with E-state index in [1.54, 1.807) is 42.3 Å². The Morgan fingerprint density at radius 1 is 0.518 bits per heavy atom. The van der Waals surface area contributed by atoms with Crippen LogP contribution in [0.1, 0.15) is 69.8 Å². The molecule has 7 atom stereocenters. The molecule has 4 heterocycles. The average Bonchev–Trinajstić information content (AvgIpc) is 3.66. The second-order valence-electron chi connectivity index (χ2n) is 20.0. The predicted molar refractivity (Wildman–Crippen MR) is 315 cm³/mol. The first kappa shape index (κ1) is 59.0. The van der Waals surface area contributed by atoms with Crippen molar-refractivity contribution < 1.29 is 46.9 Å². The van der Waals surface area contributed by atoms with Gasteiger partial charge in [-0.05, 0) is 0 Å². The van der Waals surface area contributed by atoms with E-state index in [2.05, 4.69) is 25.5 Å². The van der Waals surface area contributed by atoms with Gasteiger partial charge >= 0.3 is 466 Å². The summed E-state index contributed by atoms with van der Waals surface area (Å²) in [5.74, 6) is 2.57. The third kappa shape index (κ3) is 12.4. The molecule has 6 aromatic carbocycles. The first-order valence-electron chi connectivity index (χ1n) is 26.7. The summed E-state index contributed by atoms with van der Waals surface area (Å²) in [7, 11) is 6.40. The Hall–Kier alpha value is -7.19. The number of hydrogen-bond donors (Lipinski definition) is 2. The first-order chi connectivity index (χ1) is 40.1. The Balaban J connectivity index is 1.01. The van der Waals surface area contributed by atoms with Crippen molar-refractivity contribution in [3.05, 3.63) is 256 Å². The quantitative estimate of drug-likeness (QED) is 0.0371. The third-order valence-corrected chi connectivity index (χ3v) is 17.8. The van der Waals surface area contributed by atoms with Gasteiger partial charge in [-0.25, -0.2) is 0 Å². The number of rotatable bonds is 22. The molecule has 0 bridgehead atoms. The Bertz CT molecular complexity index is 3720. The third-order valence-electron chi connectivity index (χ3n) is 15.1. The van der Waals surface area contributed by atoms with Crippen molar-refractivity contribution in [1.82, 2.24) is 19.1 Å². The number of aromatic amines is 2. The number of aryl methyl sites for hydroxylation is 2. The molecule has 0 aliphatic carbocycles. The van der Waals surface area contributed by atoms with Gasteiger partial charge in [-0.2, -0.15) is 0 Å². The van der Waals surface area contributed by atoms with E-state index < -0.39 is 75.8 Å². The van der Waals surface area contributed by atoms with Crippen molar-refractivity contribution >= 4 is 32.6 Å². The zero-order valence-corrected chi connectivity index (χ0v) is 49.8. The average molecular weight is 1230 g/mol. The molecule has 18 nitrogen and oxygen atoms in total. The summed E-state index contributed by atoms with van der Waals surface area (Å²) in [5.41, 5.74) is 0.250. The molecule has 0 saturated carbocycles. The maximum atomic E-state index is 13.6. The van der Waals surface area contributed by atoms with Gasteiger partial charge in [0, 0.05) is 0 Å². The van der Waals surface area contributed by atoms with Crippen molar-refractivity contribution in [3.63, 3.8) is 0 Å². The molecule has 2 aromatic heterocycles. The SMILES string of the molecule is COc1ccc(C(OC[C@H]2O[C@@H](n3cc(C)c(=O)[nH]c3=O)C[C@@H]2OP(=S)([Se])OC[C@H]2O[C@@H](n3cc(C)c(=O)[nH]c3=O)C[C@@H]2OC(c2ccccc2)(c2ccc(OC)cc2)c2ccc(OC)cc2)(c2ccccc2)c2ccc(OC)cc2)cc1. The molecular weight excluding hydrogens is 1170 g/mol. The number of nitrogens with zero attached hydrogens (tertiary/aromatic N) is 2. The van der Waals surface area contributed by atoms with Gasteiger partial charge in [-0.15, -0.1) is 0 Å². The van der Waals surface area contributed by atoms with Crippen LogP contribution in [0.3, 0.4) is 0 Å². The van der Waals surface area contributed by atoms with Crippen LogP contribution in [-0.4, -0.2) is 101 Å². The summed E-state index contributed by atoms with van der Waals surface area (Å²) in [5, 5.41) is -3.50. The molecule has 1 radical (unpaired) electrons. The van der Waals surface area contributed by atoms with Crippen LogP contribution in [0.2, 0.25) is 0 Å². The molecule has 10 rings (SSSR count). The second-order valence-corrected chi connectivity index (χ2v) is 27.4. The van der Waals surface area contributed by atoms with Gasteiger partial charge < -0.3 is 0 Å². The molecule has 2 N–H and O–H groups in total. The minimum atomic E-state index is -3.50. The molecule has 2 saturated heterocycles. The summed E-state index contributed by atoms with van der Waals surface area (Å²) in [6, 6.07) is 50.0. The summed E-state index contributed by atoms with van der Waals surface area (Å²) >= 11 is 9.32. The monoisotopic (exact) mass is 1230 g/mol. The Morgan fingerprint density at radius 2 is 0.867 bits per heavy atom. The van der Waals surface area contributed by atoms with Crippen LogP contribution in [0.4, 0.5) is 0 Å². The fourth-order valence-corrected chi connectivity index (χ4v) is 13.3. The molecule has 0 amide bonds. The van der Waals surface area contributed by atoms with Crippen molar-refractivity contribution in [2.24, 2.45) is 0 Å². The molecule has 83 heavy (non-hydrogen) atoms. The fraction of sp³-hybridized carbons (Fsp3) is 0.290. The normalized spacial score (nSPS) is 19.7. The number of ether oxygens (including phenoxy) is 8. The van der Waals surface area contributed by atoms with Crippen LogP contribution in [0.5, 0.6) is 23.0 Å². The zero-order valence-electron chi connectivity index (χ0n) is 46.3. The van der Waals surface area contributed by atoms with Gasteiger partial charge in [0.2, 0.25) is 0 Å². The Kier molecular flexibility index (Phi) is 18.0. The molecule has 431 valence electrons. The van der Waals surface area contributed by atoms with E-state index in [-0.39, 0.29) is 26.1 Å². The number of hydrogen-bond acceptors (Lipinski definition) is 15. The molecule has 8 aromatic rings. The van der Waals surface area contributed by atoms with Crippen LogP contribution >= 0.6 is 5.18 Å². The van der Waals surface area contributed by atoms with E-state index in [1.807, 2.05) is 158 Å². The van der Waals surface area contributed by atoms with Gasteiger partial charge in [-0.1, -0.05) is 0 Å². The first-order valence-corrected chi connectivity index (χ1v) is 31.5. The Morgan fingerprint density at radius 3 is 1.27 bits per heavy atom. The van der Waals surface area contributed by atoms with Gasteiger partial charge in [0.15, 0.2) is 0 Å². The number of H-pyrrole nitrogens is 2. The predicted octanol–water partition coefficient (Wildman–Crippen LogP) is 8.49. The summed E-state index contributed by atoms with van der Waals surface area (Å²) < 4.78 is 67.2.